The molecule has 0 fully saturated rings. The monoisotopic (exact) mass is 445 g/mol. The van der Waals surface area contributed by atoms with Gasteiger partial charge in [0.25, 0.3) is 0 Å². The number of aromatic hydroxyl groups is 1. The maximum atomic E-state index is 11.3. The zero-order valence-corrected chi connectivity index (χ0v) is 21.2. The summed E-state index contributed by atoms with van der Waals surface area (Å²) in [6, 6.07) is 0. The van der Waals surface area contributed by atoms with Crippen LogP contribution in [0.2, 0.25) is 0 Å². The van der Waals surface area contributed by atoms with E-state index in [1.807, 2.05) is 13.8 Å². The lowest BCUT2D eigenvalue weighted by atomic mass is 9.85. The van der Waals surface area contributed by atoms with Gasteiger partial charge < -0.3 is 9.84 Å². The topological polar surface area (TPSA) is 58.9 Å². The van der Waals surface area contributed by atoms with E-state index in [1.54, 1.807) is 0 Å². The van der Waals surface area contributed by atoms with Crippen LogP contribution in [0.5, 0.6) is 11.5 Å². The number of nitroso groups, excluding NO2 is 1. The van der Waals surface area contributed by atoms with Crippen LogP contribution in [0, 0.1) is 18.8 Å². The van der Waals surface area contributed by atoms with Crippen molar-refractivity contribution in [3.63, 3.8) is 0 Å². The van der Waals surface area contributed by atoms with Gasteiger partial charge in [-0.05, 0) is 62.8 Å². The molecule has 0 aromatic heterocycles. The second-order valence-electron chi connectivity index (χ2n) is 10.2. The summed E-state index contributed by atoms with van der Waals surface area (Å²) in [5, 5.41) is 13.4. The summed E-state index contributed by atoms with van der Waals surface area (Å²) in [7, 11) is 0. The number of ether oxygens (including phenoxy) is 1. The molecule has 0 aliphatic carbocycles. The van der Waals surface area contributed by atoms with Crippen molar-refractivity contribution in [2.45, 2.75) is 142 Å². The molecule has 1 heterocycles. The molecule has 182 valence electrons. The molecule has 4 nitrogen and oxygen atoms in total. The van der Waals surface area contributed by atoms with E-state index in [0.29, 0.717) is 5.56 Å². The van der Waals surface area contributed by atoms with Crippen molar-refractivity contribution < 1.29 is 9.84 Å². The molecule has 1 atom stereocenters. The average Bonchev–Trinajstić information content (AvgIpc) is 2.79. The first kappa shape index (κ1) is 26.7. The number of nitrogens with zero attached hydrogens (tertiary/aromatic N) is 1. The Labute approximate surface area is 196 Å². The van der Waals surface area contributed by atoms with Gasteiger partial charge in [0.2, 0.25) is 0 Å². The molecule has 0 saturated carbocycles. The fraction of sp³-hybridized carbons (Fsp3) is 0.786. The maximum Gasteiger partial charge on any atom is 0.156 e. The van der Waals surface area contributed by atoms with Crippen LogP contribution < -0.4 is 4.74 Å². The molecule has 1 aliphatic heterocycles. The van der Waals surface area contributed by atoms with E-state index in [2.05, 4.69) is 19.0 Å². The summed E-state index contributed by atoms with van der Waals surface area (Å²) >= 11 is 0. The number of rotatable bonds is 16. The Kier molecular flexibility index (Phi) is 11.5. The molecule has 32 heavy (non-hydrogen) atoms. The fourth-order valence-corrected chi connectivity index (χ4v) is 5.03. The van der Waals surface area contributed by atoms with Crippen molar-refractivity contribution in [1.29, 1.82) is 0 Å². The predicted octanol–water partition coefficient (Wildman–Crippen LogP) is 9.36. The van der Waals surface area contributed by atoms with Crippen molar-refractivity contribution in [2.24, 2.45) is 5.18 Å². The van der Waals surface area contributed by atoms with Crippen LogP contribution in [-0.4, -0.2) is 10.7 Å². The number of benzene rings is 1. The van der Waals surface area contributed by atoms with Crippen LogP contribution in [0.4, 0.5) is 5.69 Å². The summed E-state index contributed by atoms with van der Waals surface area (Å²) in [6.45, 7) is 8.25. The Balaban J connectivity index is 1.61. The molecule has 2 rings (SSSR count). The average molecular weight is 446 g/mol. The molecule has 0 spiro atoms. The summed E-state index contributed by atoms with van der Waals surface area (Å²) in [5.41, 5.74) is 2.37. The lowest BCUT2D eigenvalue weighted by Crippen LogP contribution is -2.36. The van der Waals surface area contributed by atoms with Crippen LogP contribution in [0.3, 0.4) is 0 Å². The second kappa shape index (κ2) is 13.9. The molecule has 1 unspecified atom stereocenters. The van der Waals surface area contributed by atoms with Crippen LogP contribution in [0.15, 0.2) is 5.18 Å². The van der Waals surface area contributed by atoms with Gasteiger partial charge in [0.1, 0.15) is 17.1 Å². The molecule has 4 heteroatoms. The third kappa shape index (κ3) is 7.78. The number of phenols is 1. The Morgan fingerprint density at radius 3 is 1.84 bits per heavy atom. The summed E-state index contributed by atoms with van der Waals surface area (Å²) in [5.74, 6) is 0.782. The maximum absolute atomic E-state index is 11.3. The van der Waals surface area contributed by atoms with Crippen LogP contribution in [-0.2, 0) is 6.42 Å². The van der Waals surface area contributed by atoms with Crippen molar-refractivity contribution in [2.75, 3.05) is 0 Å². The highest BCUT2D eigenvalue weighted by Crippen LogP contribution is 2.48. The van der Waals surface area contributed by atoms with Gasteiger partial charge in [-0.3, -0.25) is 0 Å². The number of phenolic OH excluding ortho intramolecular Hbond substituents is 1. The molecular formula is C28H47NO3. The fourth-order valence-electron chi connectivity index (χ4n) is 5.03. The lowest BCUT2D eigenvalue weighted by molar-refractivity contribution is 0.0526. The van der Waals surface area contributed by atoms with E-state index < -0.39 is 0 Å². The Morgan fingerprint density at radius 1 is 0.844 bits per heavy atom. The van der Waals surface area contributed by atoms with E-state index in [1.165, 1.54) is 89.9 Å². The van der Waals surface area contributed by atoms with Gasteiger partial charge in [-0.25, -0.2) is 0 Å². The molecule has 1 aromatic rings. The van der Waals surface area contributed by atoms with Gasteiger partial charge in [0.15, 0.2) is 5.69 Å². The highest BCUT2D eigenvalue weighted by atomic mass is 16.5. The van der Waals surface area contributed by atoms with Gasteiger partial charge in [-0.15, -0.1) is 4.91 Å². The first-order valence-corrected chi connectivity index (χ1v) is 13.3. The molecule has 0 saturated heterocycles. The van der Waals surface area contributed by atoms with E-state index in [-0.39, 0.29) is 17.0 Å². The van der Waals surface area contributed by atoms with Gasteiger partial charge in [0.05, 0.1) is 0 Å². The Bertz CT molecular complexity index is 715. The summed E-state index contributed by atoms with van der Waals surface area (Å²) in [6.07, 6.45) is 21.8. The number of fused-ring (bicyclic) bond motifs is 1. The minimum absolute atomic E-state index is 0.00965. The van der Waals surface area contributed by atoms with Crippen LogP contribution >= 0.6 is 0 Å². The third-order valence-electron chi connectivity index (χ3n) is 7.45. The molecule has 0 radical (unpaired) electrons. The largest absolute Gasteiger partial charge is 0.505 e. The van der Waals surface area contributed by atoms with Gasteiger partial charge in [0, 0.05) is 5.56 Å². The van der Waals surface area contributed by atoms with E-state index >= 15 is 0 Å². The second-order valence-corrected chi connectivity index (χ2v) is 10.2. The lowest BCUT2D eigenvalue weighted by Gasteiger charge is -2.37. The first-order chi connectivity index (χ1) is 15.4. The minimum atomic E-state index is -0.196. The van der Waals surface area contributed by atoms with E-state index in [9.17, 15) is 10.0 Å². The van der Waals surface area contributed by atoms with Gasteiger partial charge in [-0.2, -0.15) is 0 Å². The predicted molar refractivity (Wildman–Crippen MR) is 135 cm³/mol. The van der Waals surface area contributed by atoms with Crippen LogP contribution in [0.1, 0.15) is 133 Å². The van der Waals surface area contributed by atoms with Gasteiger partial charge >= 0.3 is 0 Å². The number of hydrogen-bond acceptors (Lipinski definition) is 4. The van der Waals surface area contributed by atoms with Crippen molar-refractivity contribution in [3.05, 3.63) is 21.6 Å². The highest BCUT2D eigenvalue weighted by molar-refractivity contribution is 5.69. The summed E-state index contributed by atoms with van der Waals surface area (Å²) in [4.78, 5) is 11.3. The molecule has 0 amide bonds. The smallest absolute Gasteiger partial charge is 0.156 e. The third-order valence-corrected chi connectivity index (χ3v) is 7.45. The quantitative estimate of drug-likeness (QED) is 0.204. The minimum Gasteiger partial charge on any atom is -0.505 e. The standard InChI is InChI=1S/C28H47NO3/c1-5-6-7-8-9-10-11-12-13-14-15-16-17-18-20-28(4)21-19-24-25(29-31)26(30)22(2)23(3)27(24)32-28/h30H,5-21H2,1-4H3. The molecule has 1 aliphatic rings. The van der Waals surface area contributed by atoms with E-state index in [0.717, 1.165) is 36.1 Å². The number of hydrogen-bond donors (Lipinski definition) is 1. The zero-order valence-electron chi connectivity index (χ0n) is 21.2. The molecule has 1 aromatic carbocycles. The Morgan fingerprint density at radius 2 is 1.34 bits per heavy atom. The van der Waals surface area contributed by atoms with Crippen molar-refractivity contribution in [3.8, 4) is 11.5 Å². The normalized spacial score (nSPS) is 17.8. The first-order valence-electron chi connectivity index (χ1n) is 13.3. The molecular weight excluding hydrogens is 398 g/mol. The number of unbranched alkanes of at least 4 members (excludes halogenated alkanes) is 13. The summed E-state index contributed by atoms with van der Waals surface area (Å²) < 4.78 is 6.43. The molecule has 0 bridgehead atoms. The zero-order chi connectivity index (χ0) is 23.4. The van der Waals surface area contributed by atoms with Crippen molar-refractivity contribution >= 4 is 5.69 Å². The highest BCUT2D eigenvalue weighted by Gasteiger charge is 2.35. The SMILES string of the molecule is CCCCCCCCCCCCCCCCC1(C)CCc2c(N=O)c(O)c(C)c(C)c2O1. The Hall–Kier alpha value is -1.58. The van der Waals surface area contributed by atoms with Crippen molar-refractivity contribution in [1.82, 2.24) is 0 Å². The molecule has 1 N–H and O–H groups in total. The van der Waals surface area contributed by atoms with Gasteiger partial charge in [-0.1, -0.05) is 90.4 Å². The van der Waals surface area contributed by atoms with E-state index in [4.69, 9.17) is 4.74 Å². The van der Waals surface area contributed by atoms with Crippen LogP contribution in [0.25, 0.3) is 0 Å².